The van der Waals surface area contributed by atoms with E-state index in [-0.39, 0.29) is 11.9 Å². The molecular weight excluding hydrogens is 230 g/mol. The molecule has 3 heterocycles. The average Bonchev–Trinajstić information content (AvgIpc) is 3.13. The fourth-order valence-corrected chi connectivity index (χ4v) is 3.95. The summed E-state index contributed by atoms with van der Waals surface area (Å²) in [4.78, 5) is 12.0. The van der Waals surface area contributed by atoms with Gasteiger partial charge in [-0.25, -0.2) is 0 Å². The number of hydrogen-bond donors (Lipinski definition) is 1. The Morgan fingerprint density at radius 2 is 1.89 bits per heavy atom. The van der Waals surface area contributed by atoms with Crippen LogP contribution in [0.4, 0.5) is 0 Å². The molecule has 0 spiro atoms. The Kier molecular flexibility index (Phi) is 2.62. The monoisotopic (exact) mass is 251 g/mol. The molecule has 18 heavy (non-hydrogen) atoms. The molecule has 0 amide bonds. The zero-order chi connectivity index (χ0) is 12.1. The lowest BCUT2D eigenvalue weighted by Crippen LogP contribution is -2.58. The molecule has 4 nitrogen and oxygen atoms in total. The fraction of sp³-hybridized carbons (Fsp3) is 0.929. The predicted octanol–water partition coefficient (Wildman–Crippen LogP) is 1.24. The van der Waals surface area contributed by atoms with Crippen molar-refractivity contribution in [3.8, 4) is 0 Å². The van der Waals surface area contributed by atoms with Gasteiger partial charge >= 0.3 is 5.97 Å². The van der Waals surface area contributed by atoms with Crippen LogP contribution in [-0.4, -0.2) is 36.9 Å². The van der Waals surface area contributed by atoms with Crippen molar-refractivity contribution in [3.63, 3.8) is 0 Å². The molecule has 5 aliphatic rings. The molecule has 2 saturated carbocycles. The number of nitrogens with one attached hydrogen (secondary N) is 1. The van der Waals surface area contributed by atoms with Crippen molar-refractivity contribution >= 4 is 5.97 Å². The standard InChI is InChI=1S/C14H21NO3/c16-14(9-1-2-12-13(5-9)18-12)17-7-8-3-10-6-11(4-8)15-10/h8-13,15H,1-7H2. The van der Waals surface area contributed by atoms with Crippen molar-refractivity contribution in [1.29, 1.82) is 0 Å². The van der Waals surface area contributed by atoms with Crippen LogP contribution in [0.25, 0.3) is 0 Å². The molecule has 3 saturated heterocycles. The number of ether oxygens (including phenoxy) is 2. The summed E-state index contributed by atoms with van der Waals surface area (Å²) in [7, 11) is 0. The Morgan fingerprint density at radius 3 is 2.61 bits per heavy atom. The summed E-state index contributed by atoms with van der Waals surface area (Å²) in [6.07, 6.45) is 7.41. The third-order valence-electron chi connectivity index (χ3n) is 5.07. The Bertz CT molecular complexity index is 343. The van der Waals surface area contributed by atoms with Crippen molar-refractivity contribution in [3.05, 3.63) is 0 Å². The van der Waals surface area contributed by atoms with Crippen LogP contribution in [0.3, 0.4) is 0 Å². The van der Waals surface area contributed by atoms with Crippen molar-refractivity contribution in [1.82, 2.24) is 5.32 Å². The highest BCUT2D eigenvalue weighted by Crippen LogP contribution is 2.40. The van der Waals surface area contributed by atoms with Gasteiger partial charge in [0.2, 0.25) is 0 Å². The van der Waals surface area contributed by atoms with Gasteiger partial charge in [-0.05, 0) is 44.4 Å². The first-order valence-corrected chi connectivity index (χ1v) is 7.36. The number of rotatable bonds is 3. The van der Waals surface area contributed by atoms with Crippen LogP contribution in [0.2, 0.25) is 0 Å². The van der Waals surface area contributed by atoms with Crippen LogP contribution in [0.15, 0.2) is 0 Å². The molecule has 2 bridgehead atoms. The van der Waals surface area contributed by atoms with Gasteiger partial charge in [-0.1, -0.05) is 0 Å². The summed E-state index contributed by atoms with van der Waals surface area (Å²) in [6, 6.07) is 1.39. The Hall–Kier alpha value is -0.610. The highest BCUT2D eigenvalue weighted by Gasteiger charge is 2.46. The molecule has 0 aromatic heterocycles. The first-order valence-electron chi connectivity index (χ1n) is 7.36. The minimum absolute atomic E-state index is 0.0242. The first kappa shape index (κ1) is 11.2. The molecule has 5 fully saturated rings. The van der Waals surface area contributed by atoms with E-state index in [1.165, 1.54) is 19.3 Å². The molecule has 5 atom stereocenters. The van der Waals surface area contributed by atoms with E-state index in [0.29, 0.717) is 36.8 Å². The summed E-state index contributed by atoms with van der Waals surface area (Å²) < 4.78 is 11.0. The first-order chi connectivity index (χ1) is 8.78. The van der Waals surface area contributed by atoms with Gasteiger partial charge in [0.15, 0.2) is 0 Å². The van der Waals surface area contributed by atoms with E-state index in [0.717, 1.165) is 19.3 Å². The maximum Gasteiger partial charge on any atom is 0.309 e. The topological polar surface area (TPSA) is 50.9 Å². The lowest BCUT2D eigenvalue weighted by atomic mass is 9.76. The van der Waals surface area contributed by atoms with Crippen LogP contribution in [0.5, 0.6) is 0 Å². The molecule has 100 valence electrons. The van der Waals surface area contributed by atoms with E-state index >= 15 is 0 Å². The summed E-state index contributed by atoms with van der Waals surface area (Å²) in [5.74, 6) is 0.716. The van der Waals surface area contributed by atoms with Crippen molar-refractivity contribution in [2.24, 2.45) is 11.8 Å². The predicted molar refractivity (Wildman–Crippen MR) is 65.0 cm³/mol. The van der Waals surface area contributed by atoms with E-state index in [1.807, 2.05) is 0 Å². The van der Waals surface area contributed by atoms with Crippen LogP contribution in [0, 0.1) is 11.8 Å². The number of esters is 1. The Balaban J connectivity index is 1.23. The van der Waals surface area contributed by atoms with Gasteiger partial charge < -0.3 is 14.8 Å². The second kappa shape index (κ2) is 4.20. The maximum atomic E-state index is 12.0. The third kappa shape index (κ3) is 2.05. The Morgan fingerprint density at radius 1 is 1.11 bits per heavy atom. The molecule has 5 rings (SSSR count). The molecule has 0 aromatic rings. The summed E-state index contributed by atoms with van der Waals surface area (Å²) >= 11 is 0. The van der Waals surface area contributed by atoms with Crippen molar-refractivity contribution in [2.45, 2.75) is 62.8 Å². The zero-order valence-corrected chi connectivity index (χ0v) is 10.6. The van der Waals surface area contributed by atoms with E-state index in [1.54, 1.807) is 0 Å². The molecule has 4 heteroatoms. The summed E-state index contributed by atoms with van der Waals surface area (Å²) in [6.45, 7) is 0.638. The highest BCUT2D eigenvalue weighted by atomic mass is 16.6. The lowest BCUT2D eigenvalue weighted by Gasteiger charge is -2.46. The molecule has 5 unspecified atom stereocenters. The van der Waals surface area contributed by atoms with Gasteiger partial charge in [0.1, 0.15) is 0 Å². The van der Waals surface area contributed by atoms with Crippen LogP contribution >= 0.6 is 0 Å². The van der Waals surface area contributed by atoms with Crippen molar-refractivity contribution < 1.29 is 14.3 Å². The molecule has 2 aliphatic carbocycles. The van der Waals surface area contributed by atoms with E-state index in [4.69, 9.17) is 9.47 Å². The lowest BCUT2D eigenvalue weighted by molar-refractivity contribution is -0.151. The largest absolute Gasteiger partial charge is 0.465 e. The zero-order valence-electron chi connectivity index (χ0n) is 10.6. The number of carbonyl (C=O) groups excluding carboxylic acids is 1. The van der Waals surface area contributed by atoms with Gasteiger partial charge in [-0.15, -0.1) is 0 Å². The molecule has 1 N–H and O–H groups in total. The average molecular weight is 251 g/mol. The van der Waals surface area contributed by atoms with E-state index in [2.05, 4.69) is 5.32 Å². The number of fused-ring (bicyclic) bond motifs is 3. The fourth-order valence-electron chi connectivity index (χ4n) is 3.95. The molecule has 0 radical (unpaired) electrons. The van der Waals surface area contributed by atoms with Gasteiger partial charge in [0, 0.05) is 12.1 Å². The SMILES string of the molecule is O=C(OCC1CC2CC(C1)N2)C1CCC2OC2C1. The molecule has 3 aliphatic heterocycles. The normalized spacial score (nSPS) is 48.9. The number of piperidine rings is 1. The summed E-state index contributed by atoms with van der Waals surface area (Å²) in [5.41, 5.74) is 0. The molecular formula is C14H21NO3. The second-order valence-electron chi connectivity index (χ2n) is 6.49. The quantitative estimate of drug-likeness (QED) is 0.605. The van der Waals surface area contributed by atoms with Gasteiger partial charge in [0.25, 0.3) is 0 Å². The minimum Gasteiger partial charge on any atom is -0.465 e. The molecule has 0 aromatic carbocycles. The van der Waals surface area contributed by atoms with Crippen LogP contribution < -0.4 is 5.32 Å². The summed E-state index contributed by atoms with van der Waals surface area (Å²) in [5, 5.41) is 3.51. The van der Waals surface area contributed by atoms with Gasteiger partial charge in [-0.2, -0.15) is 0 Å². The second-order valence-corrected chi connectivity index (χ2v) is 6.49. The highest BCUT2D eigenvalue weighted by molar-refractivity contribution is 5.72. The van der Waals surface area contributed by atoms with E-state index < -0.39 is 0 Å². The van der Waals surface area contributed by atoms with Gasteiger partial charge in [0.05, 0.1) is 24.7 Å². The smallest absolute Gasteiger partial charge is 0.309 e. The van der Waals surface area contributed by atoms with Crippen LogP contribution in [-0.2, 0) is 14.3 Å². The minimum atomic E-state index is 0.0242. The van der Waals surface area contributed by atoms with Gasteiger partial charge in [-0.3, -0.25) is 4.79 Å². The Labute approximate surface area is 107 Å². The van der Waals surface area contributed by atoms with Crippen molar-refractivity contribution in [2.75, 3.05) is 6.61 Å². The third-order valence-corrected chi connectivity index (χ3v) is 5.07. The maximum absolute atomic E-state index is 12.0. The number of carbonyl (C=O) groups is 1. The number of hydrogen-bond acceptors (Lipinski definition) is 4. The van der Waals surface area contributed by atoms with E-state index in [9.17, 15) is 4.79 Å². The number of epoxide rings is 1. The van der Waals surface area contributed by atoms with Crippen LogP contribution in [0.1, 0.15) is 38.5 Å².